The summed E-state index contributed by atoms with van der Waals surface area (Å²) in [7, 11) is 0. The van der Waals surface area contributed by atoms with Gasteiger partial charge in [-0.25, -0.2) is 0 Å². The molecule has 56 valence electrons. The fourth-order valence-electron chi connectivity index (χ4n) is 0.0833. The number of aldehydes is 1. The molecule has 0 aliphatic carbocycles. The van der Waals surface area contributed by atoms with Gasteiger partial charge in [-0.1, -0.05) is 6.92 Å². The minimum absolute atomic E-state index is 0. The minimum Gasteiger partial charge on any atom is -0.343 e. The molecule has 0 aliphatic rings. The van der Waals surface area contributed by atoms with Gasteiger partial charge in [-0.15, -0.1) is 0 Å². The fourth-order valence-corrected chi connectivity index (χ4v) is 0.0833. The molecule has 0 fully saturated rings. The van der Waals surface area contributed by atoms with Gasteiger partial charge in [0.15, 0.2) is 0 Å². The summed E-state index contributed by atoms with van der Waals surface area (Å²) in [5.74, 6) is 0. The number of hydrogen-bond acceptors (Lipinski definition) is 1. The van der Waals surface area contributed by atoms with Gasteiger partial charge < -0.3 is 18.1 Å². The molecule has 0 aliphatic heterocycles. The van der Waals surface area contributed by atoms with Gasteiger partial charge in [-0.2, -0.15) is 19.8 Å². The third kappa shape index (κ3) is 39.5. The molecule has 0 radical (unpaired) electrons. The van der Waals surface area contributed by atoms with Crippen LogP contribution in [0.5, 0.6) is 0 Å². The summed E-state index contributed by atoms with van der Waals surface area (Å²) in [6.07, 6.45) is 5.51. The Bertz CT molecular complexity index is 44.5. The molecule has 1 nitrogen and oxygen atoms in total. The minimum atomic E-state index is 0. The second-order valence-corrected chi connectivity index (χ2v) is 1.63. The number of carbonyl (C=O) groups excluding carboxylic acids is 1. The second-order valence-electron chi connectivity index (χ2n) is 1.63. The van der Waals surface area contributed by atoms with Crippen LogP contribution in [0.4, 0.5) is 0 Å². The van der Waals surface area contributed by atoms with Crippen LogP contribution in [0, 0.1) is 13.3 Å². The summed E-state index contributed by atoms with van der Waals surface area (Å²) in [6, 6.07) is 0. The summed E-state index contributed by atoms with van der Waals surface area (Å²) in [5, 5.41) is 0. The Morgan fingerprint density at radius 2 is 2.00 bits per heavy atom. The van der Waals surface area contributed by atoms with Gasteiger partial charge in [0, 0.05) is 0 Å². The van der Waals surface area contributed by atoms with E-state index in [1.165, 1.54) is 6.42 Å². The molecule has 0 aromatic heterocycles. The zero-order valence-corrected chi connectivity index (χ0v) is 8.51. The largest absolute Gasteiger partial charge is 2.00 e. The van der Waals surface area contributed by atoms with Gasteiger partial charge in [0.1, 0.15) is 6.29 Å². The molecule has 10 heavy (non-hydrogen) atoms. The number of unbranched alkanes of at least 4 members (excludes halogenated alkanes) is 2. The zero-order valence-electron chi connectivity index (χ0n) is 7.10. The van der Waals surface area contributed by atoms with Crippen LogP contribution in [-0.2, 0) is 4.79 Å². The maximum atomic E-state index is 9.36. The van der Waals surface area contributed by atoms with Crippen molar-refractivity contribution in [3.63, 3.8) is 0 Å². The van der Waals surface area contributed by atoms with E-state index in [9.17, 15) is 4.79 Å². The molecule has 0 saturated carbocycles. The first-order valence-electron chi connectivity index (χ1n) is 3.34. The van der Waals surface area contributed by atoms with Gasteiger partial charge in [0.05, 0.1) is 0 Å². The van der Waals surface area contributed by atoms with Crippen LogP contribution in [0.2, 0.25) is 0 Å². The SMILES string of the molecule is C[CH-]CC.[CH2-]CCC=O.[Mg+2]. The van der Waals surface area contributed by atoms with E-state index in [1.807, 2.05) is 0 Å². The zero-order chi connectivity index (χ0) is 7.54. The number of carbonyl (C=O) groups is 1. The quantitative estimate of drug-likeness (QED) is 0.344. The van der Waals surface area contributed by atoms with Crippen molar-refractivity contribution in [2.45, 2.75) is 33.1 Å². The molecule has 0 spiro atoms. The molecular formula is C8H16MgO. The van der Waals surface area contributed by atoms with Crippen LogP contribution in [0.25, 0.3) is 0 Å². The second kappa shape index (κ2) is 22.7. The van der Waals surface area contributed by atoms with Crippen molar-refractivity contribution >= 4 is 29.3 Å². The van der Waals surface area contributed by atoms with Crippen LogP contribution in [0.15, 0.2) is 0 Å². The molecule has 0 saturated heterocycles. The summed E-state index contributed by atoms with van der Waals surface area (Å²) >= 11 is 0. The summed E-state index contributed by atoms with van der Waals surface area (Å²) < 4.78 is 0. The van der Waals surface area contributed by atoms with E-state index in [0.29, 0.717) is 6.42 Å². The Morgan fingerprint density at radius 3 is 2.00 bits per heavy atom. The molecule has 0 amide bonds. The van der Waals surface area contributed by atoms with Crippen molar-refractivity contribution in [2.75, 3.05) is 0 Å². The summed E-state index contributed by atoms with van der Waals surface area (Å²) in [6.45, 7) is 7.62. The van der Waals surface area contributed by atoms with Crippen molar-refractivity contribution in [1.82, 2.24) is 0 Å². The molecule has 0 atom stereocenters. The average Bonchev–Trinajstić information content (AvgIpc) is 1.91. The van der Waals surface area contributed by atoms with Crippen LogP contribution >= 0.6 is 0 Å². The van der Waals surface area contributed by atoms with Crippen molar-refractivity contribution in [2.24, 2.45) is 0 Å². The van der Waals surface area contributed by atoms with Crippen LogP contribution in [0.1, 0.15) is 33.1 Å². The van der Waals surface area contributed by atoms with E-state index < -0.39 is 0 Å². The van der Waals surface area contributed by atoms with Gasteiger partial charge in [-0.3, -0.25) is 0 Å². The third-order valence-corrected chi connectivity index (χ3v) is 0.730. The average molecular weight is 153 g/mol. The Hall–Kier alpha value is 0.436. The molecule has 0 heterocycles. The number of rotatable bonds is 3. The first-order valence-corrected chi connectivity index (χ1v) is 3.34. The van der Waals surface area contributed by atoms with Gasteiger partial charge in [-0.05, 0) is 6.42 Å². The monoisotopic (exact) mass is 152 g/mol. The summed E-state index contributed by atoms with van der Waals surface area (Å²) in [5.41, 5.74) is 0. The normalized spacial score (nSPS) is 6.70. The Morgan fingerprint density at radius 1 is 1.60 bits per heavy atom. The topological polar surface area (TPSA) is 17.1 Å². The molecule has 0 N–H and O–H groups in total. The van der Waals surface area contributed by atoms with Crippen LogP contribution in [0.3, 0.4) is 0 Å². The predicted molar refractivity (Wildman–Crippen MR) is 46.7 cm³/mol. The van der Waals surface area contributed by atoms with Crippen LogP contribution < -0.4 is 0 Å². The smallest absolute Gasteiger partial charge is 0.343 e. The Kier molecular flexibility index (Phi) is 38.2. The van der Waals surface area contributed by atoms with Gasteiger partial charge in [0.2, 0.25) is 0 Å². The van der Waals surface area contributed by atoms with E-state index in [-0.39, 0.29) is 23.1 Å². The van der Waals surface area contributed by atoms with E-state index in [4.69, 9.17) is 0 Å². The molecule has 0 aromatic carbocycles. The van der Waals surface area contributed by atoms with Gasteiger partial charge >= 0.3 is 23.1 Å². The van der Waals surface area contributed by atoms with E-state index in [1.54, 1.807) is 0 Å². The molecule has 2 heteroatoms. The first kappa shape index (κ1) is 16.8. The summed E-state index contributed by atoms with van der Waals surface area (Å²) in [4.78, 5) is 9.36. The van der Waals surface area contributed by atoms with E-state index in [2.05, 4.69) is 27.2 Å². The molecule has 0 unspecified atom stereocenters. The van der Waals surface area contributed by atoms with Gasteiger partial charge in [0.25, 0.3) is 0 Å². The molecular weight excluding hydrogens is 136 g/mol. The maximum Gasteiger partial charge on any atom is 2.00 e. The third-order valence-electron chi connectivity index (χ3n) is 0.730. The Labute approximate surface area is 80.7 Å². The first-order chi connectivity index (χ1) is 4.33. The maximum absolute atomic E-state index is 9.36. The number of hydrogen-bond donors (Lipinski definition) is 0. The van der Waals surface area contributed by atoms with E-state index >= 15 is 0 Å². The fraction of sp³-hybridized carbons (Fsp3) is 0.625. The molecule has 0 aromatic rings. The standard InChI is InChI=1S/C4H7O.C4H9.Mg/c1-2-3-4-5;1-3-4-2;/h4H,1-3H2;3H,4H2,1-2H3;/q2*-1;+2. The van der Waals surface area contributed by atoms with Crippen molar-refractivity contribution in [1.29, 1.82) is 0 Å². The van der Waals surface area contributed by atoms with Crippen molar-refractivity contribution in [3.05, 3.63) is 13.3 Å². The van der Waals surface area contributed by atoms with Crippen molar-refractivity contribution < 1.29 is 4.79 Å². The predicted octanol–water partition coefficient (Wildman–Crippen LogP) is 2.04. The van der Waals surface area contributed by atoms with Crippen molar-refractivity contribution in [3.8, 4) is 0 Å². The molecule has 0 rings (SSSR count). The Balaban J connectivity index is -0.0000000910. The van der Waals surface area contributed by atoms with Crippen LogP contribution in [-0.4, -0.2) is 29.3 Å². The molecule has 0 bridgehead atoms. The van der Waals surface area contributed by atoms with E-state index in [0.717, 1.165) is 12.7 Å².